The van der Waals surface area contributed by atoms with Gasteiger partial charge < -0.3 is 19.5 Å². The lowest BCUT2D eigenvalue weighted by Gasteiger charge is -2.33. The summed E-state index contributed by atoms with van der Waals surface area (Å²) in [6.45, 7) is 3.69. The number of para-hydroxylation sites is 1. The molecular weight excluding hydrogens is 230 g/mol. The Balaban J connectivity index is 1.89. The van der Waals surface area contributed by atoms with Gasteiger partial charge in [-0.25, -0.2) is 0 Å². The summed E-state index contributed by atoms with van der Waals surface area (Å²) in [7, 11) is 1.67. The minimum atomic E-state index is -0.327. The van der Waals surface area contributed by atoms with Crippen LogP contribution in [0.3, 0.4) is 0 Å². The van der Waals surface area contributed by atoms with Gasteiger partial charge in [0, 0.05) is 31.5 Å². The number of aliphatic hydroxyl groups excluding tert-OH is 1. The van der Waals surface area contributed by atoms with Crippen LogP contribution in [0, 0.1) is 0 Å². The molecule has 18 heavy (non-hydrogen) atoms. The Bertz CT molecular complexity index is 370. The average molecular weight is 251 g/mol. The monoisotopic (exact) mass is 251 g/mol. The number of hydrogen-bond acceptors (Lipinski definition) is 4. The van der Waals surface area contributed by atoms with Crippen LogP contribution >= 0.6 is 0 Å². The summed E-state index contributed by atoms with van der Waals surface area (Å²) in [5.41, 5.74) is 2.16. The summed E-state index contributed by atoms with van der Waals surface area (Å²) in [4.78, 5) is 2.27. The van der Waals surface area contributed by atoms with Crippen LogP contribution in [0.25, 0.3) is 0 Å². The zero-order valence-corrected chi connectivity index (χ0v) is 10.8. The normalized spacial score (nSPS) is 18.8. The lowest BCUT2D eigenvalue weighted by Crippen LogP contribution is -2.34. The van der Waals surface area contributed by atoms with Crippen molar-refractivity contribution in [2.75, 3.05) is 44.9 Å². The molecule has 1 aliphatic heterocycles. The van der Waals surface area contributed by atoms with Crippen molar-refractivity contribution in [1.82, 2.24) is 0 Å². The third-order valence-electron chi connectivity index (χ3n) is 3.25. The Kier molecular flexibility index (Phi) is 4.99. The molecule has 1 aromatic rings. The molecule has 0 amide bonds. The maximum atomic E-state index is 9.95. The molecule has 1 heterocycles. The predicted molar refractivity (Wildman–Crippen MR) is 70.9 cm³/mol. The van der Waals surface area contributed by atoms with E-state index in [2.05, 4.69) is 11.0 Å². The summed E-state index contributed by atoms with van der Waals surface area (Å²) in [5.74, 6) is 0. The molecule has 0 saturated heterocycles. The van der Waals surface area contributed by atoms with Crippen molar-refractivity contribution in [3.8, 4) is 0 Å². The number of fused-ring (bicyclic) bond motifs is 1. The van der Waals surface area contributed by atoms with Crippen molar-refractivity contribution in [2.24, 2.45) is 0 Å². The van der Waals surface area contributed by atoms with Gasteiger partial charge in [-0.3, -0.25) is 0 Å². The fourth-order valence-corrected chi connectivity index (χ4v) is 2.26. The quantitative estimate of drug-likeness (QED) is 0.780. The van der Waals surface area contributed by atoms with E-state index in [1.807, 2.05) is 18.2 Å². The molecule has 1 unspecified atom stereocenters. The number of anilines is 1. The zero-order chi connectivity index (χ0) is 12.8. The number of hydrogen-bond donors (Lipinski definition) is 1. The SMILES string of the molecule is COCCOCCN1CCC(O)c2ccccc21. The van der Waals surface area contributed by atoms with Gasteiger partial charge in [-0.15, -0.1) is 0 Å². The highest BCUT2D eigenvalue weighted by Crippen LogP contribution is 2.32. The first-order chi connectivity index (χ1) is 8.83. The number of ether oxygens (including phenoxy) is 2. The van der Waals surface area contributed by atoms with E-state index >= 15 is 0 Å². The maximum Gasteiger partial charge on any atom is 0.0826 e. The van der Waals surface area contributed by atoms with Gasteiger partial charge in [-0.1, -0.05) is 18.2 Å². The number of nitrogens with zero attached hydrogens (tertiary/aromatic N) is 1. The van der Waals surface area contributed by atoms with E-state index in [9.17, 15) is 5.11 Å². The number of aliphatic hydroxyl groups is 1. The predicted octanol–water partition coefficient (Wildman–Crippen LogP) is 1.59. The fraction of sp³-hybridized carbons (Fsp3) is 0.571. The second kappa shape index (κ2) is 6.73. The summed E-state index contributed by atoms with van der Waals surface area (Å²) in [6.07, 6.45) is 0.460. The zero-order valence-electron chi connectivity index (χ0n) is 10.8. The van der Waals surface area contributed by atoms with Crippen LogP contribution in [0.5, 0.6) is 0 Å². The van der Waals surface area contributed by atoms with Crippen LogP contribution < -0.4 is 4.90 Å². The van der Waals surface area contributed by atoms with E-state index in [0.29, 0.717) is 19.8 Å². The van der Waals surface area contributed by atoms with Crippen LogP contribution in [-0.4, -0.2) is 45.1 Å². The molecule has 0 radical (unpaired) electrons. The van der Waals surface area contributed by atoms with E-state index in [0.717, 1.165) is 30.8 Å². The Labute approximate surface area is 108 Å². The highest BCUT2D eigenvalue weighted by molar-refractivity contribution is 5.56. The van der Waals surface area contributed by atoms with Crippen LogP contribution in [0.1, 0.15) is 18.1 Å². The van der Waals surface area contributed by atoms with Crippen molar-refractivity contribution >= 4 is 5.69 Å². The second-order valence-electron chi connectivity index (χ2n) is 4.46. The van der Waals surface area contributed by atoms with Gasteiger partial charge in [0.25, 0.3) is 0 Å². The molecule has 4 nitrogen and oxygen atoms in total. The van der Waals surface area contributed by atoms with E-state index in [4.69, 9.17) is 9.47 Å². The number of rotatable bonds is 6. The molecule has 1 aliphatic rings. The highest BCUT2D eigenvalue weighted by Gasteiger charge is 2.22. The second-order valence-corrected chi connectivity index (χ2v) is 4.46. The molecule has 0 aliphatic carbocycles. The van der Waals surface area contributed by atoms with Gasteiger partial charge in [0.05, 0.1) is 25.9 Å². The minimum Gasteiger partial charge on any atom is -0.388 e. The summed E-state index contributed by atoms with van der Waals surface area (Å²) < 4.78 is 10.4. The Hall–Kier alpha value is -1.10. The van der Waals surface area contributed by atoms with Gasteiger partial charge in [0.15, 0.2) is 0 Å². The van der Waals surface area contributed by atoms with E-state index in [-0.39, 0.29) is 6.10 Å². The topological polar surface area (TPSA) is 41.9 Å². The minimum absolute atomic E-state index is 0.327. The Morgan fingerprint density at radius 1 is 1.28 bits per heavy atom. The summed E-state index contributed by atoms with van der Waals surface area (Å²) in [5, 5.41) is 9.95. The van der Waals surface area contributed by atoms with Crippen LogP contribution in [0.15, 0.2) is 24.3 Å². The van der Waals surface area contributed by atoms with Crippen molar-refractivity contribution in [3.63, 3.8) is 0 Å². The third-order valence-corrected chi connectivity index (χ3v) is 3.25. The van der Waals surface area contributed by atoms with Gasteiger partial charge in [0.1, 0.15) is 0 Å². The van der Waals surface area contributed by atoms with E-state index in [1.165, 1.54) is 0 Å². The number of methoxy groups -OCH3 is 1. The molecule has 100 valence electrons. The standard InChI is InChI=1S/C14H21NO3/c1-17-10-11-18-9-8-15-7-6-14(16)12-4-2-3-5-13(12)15/h2-5,14,16H,6-11H2,1H3. The number of benzene rings is 1. The van der Waals surface area contributed by atoms with Crippen molar-refractivity contribution in [3.05, 3.63) is 29.8 Å². The lowest BCUT2D eigenvalue weighted by atomic mass is 9.99. The summed E-state index contributed by atoms with van der Waals surface area (Å²) in [6, 6.07) is 8.04. The van der Waals surface area contributed by atoms with Crippen molar-refractivity contribution in [1.29, 1.82) is 0 Å². The molecule has 0 bridgehead atoms. The fourth-order valence-electron chi connectivity index (χ4n) is 2.26. The largest absolute Gasteiger partial charge is 0.388 e. The molecule has 1 aromatic carbocycles. The molecule has 1 N–H and O–H groups in total. The molecule has 0 spiro atoms. The highest BCUT2D eigenvalue weighted by atomic mass is 16.5. The van der Waals surface area contributed by atoms with E-state index in [1.54, 1.807) is 7.11 Å². The molecule has 2 rings (SSSR count). The van der Waals surface area contributed by atoms with Crippen molar-refractivity contribution in [2.45, 2.75) is 12.5 Å². The molecule has 4 heteroatoms. The van der Waals surface area contributed by atoms with Crippen molar-refractivity contribution < 1.29 is 14.6 Å². The maximum absolute atomic E-state index is 9.95. The summed E-state index contributed by atoms with van der Waals surface area (Å²) >= 11 is 0. The third kappa shape index (κ3) is 3.22. The Morgan fingerprint density at radius 2 is 2.11 bits per heavy atom. The molecule has 0 fully saturated rings. The smallest absolute Gasteiger partial charge is 0.0826 e. The molecule has 1 atom stereocenters. The van der Waals surface area contributed by atoms with Gasteiger partial charge in [0.2, 0.25) is 0 Å². The van der Waals surface area contributed by atoms with Crippen LogP contribution in [0.4, 0.5) is 5.69 Å². The Morgan fingerprint density at radius 3 is 2.94 bits per heavy atom. The van der Waals surface area contributed by atoms with Crippen LogP contribution in [-0.2, 0) is 9.47 Å². The first kappa shape index (κ1) is 13.3. The van der Waals surface area contributed by atoms with Gasteiger partial charge >= 0.3 is 0 Å². The van der Waals surface area contributed by atoms with Gasteiger partial charge in [-0.05, 0) is 12.5 Å². The molecular formula is C14H21NO3. The molecule has 0 saturated carbocycles. The molecule has 0 aromatic heterocycles. The van der Waals surface area contributed by atoms with Gasteiger partial charge in [-0.2, -0.15) is 0 Å². The lowest BCUT2D eigenvalue weighted by molar-refractivity contribution is 0.0733. The van der Waals surface area contributed by atoms with Crippen LogP contribution in [0.2, 0.25) is 0 Å². The van der Waals surface area contributed by atoms with E-state index < -0.39 is 0 Å². The average Bonchev–Trinajstić information content (AvgIpc) is 2.41. The first-order valence-corrected chi connectivity index (χ1v) is 6.41. The first-order valence-electron chi connectivity index (χ1n) is 6.41.